The molecule has 1 aromatic heterocycles. The van der Waals surface area contributed by atoms with Crippen molar-refractivity contribution in [2.45, 2.75) is 39.2 Å². The zero-order chi connectivity index (χ0) is 18.4. The van der Waals surface area contributed by atoms with Crippen LogP contribution in [0, 0.1) is 6.92 Å². The molecule has 2 amide bonds. The second kappa shape index (κ2) is 8.90. The number of hydrogen-bond donors (Lipinski definition) is 2. The summed E-state index contributed by atoms with van der Waals surface area (Å²) >= 11 is 6.08. The zero-order valence-electron chi connectivity index (χ0n) is 15.1. The van der Waals surface area contributed by atoms with Gasteiger partial charge in [0.15, 0.2) is 0 Å². The Labute approximate surface area is 159 Å². The molecule has 0 bridgehead atoms. The molecular weight excluding hydrogens is 348 g/mol. The van der Waals surface area contributed by atoms with Gasteiger partial charge >= 0.3 is 6.03 Å². The van der Waals surface area contributed by atoms with Gasteiger partial charge in [-0.2, -0.15) is 0 Å². The SMILES string of the molecule is Cc1ccc(NC(=O)NCc2ccc(N3CCCCCC3)nc2)cc1Cl. The molecule has 1 saturated heterocycles. The van der Waals surface area contributed by atoms with E-state index in [4.69, 9.17) is 11.6 Å². The summed E-state index contributed by atoms with van der Waals surface area (Å²) in [5, 5.41) is 6.27. The maximum Gasteiger partial charge on any atom is 0.319 e. The van der Waals surface area contributed by atoms with Crippen LogP contribution in [0.15, 0.2) is 36.5 Å². The lowest BCUT2D eigenvalue weighted by Gasteiger charge is -2.21. The van der Waals surface area contributed by atoms with Gasteiger partial charge in [-0.15, -0.1) is 0 Å². The standard InChI is InChI=1S/C20H25ClN4O/c1-15-6-8-17(12-18(15)21)24-20(26)23-14-16-7-9-19(22-13-16)25-10-4-2-3-5-11-25/h6-9,12-13H,2-5,10-11,14H2,1H3,(H2,23,24,26). The van der Waals surface area contributed by atoms with Crippen molar-refractivity contribution >= 4 is 29.1 Å². The molecule has 0 saturated carbocycles. The summed E-state index contributed by atoms with van der Waals surface area (Å²) in [6, 6.07) is 9.26. The van der Waals surface area contributed by atoms with Crippen LogP contribution in [0.4, 0.5) is 16.3 Å². The van der Waals surface area contributed by atoms with Gasteiger partial charge in [0.25, 0.3) is 0 Å². The molecule has 0 aliphatic carbocycles. The Hall–Kier alpha value is -2.27. The van der Waals surface area contributed by atoms with E-state index in [1.807, 2.05) is 37.4 Å². The Morgan fingerprint density at radius 2 is 1.92 bits per heavy atom. The van der Waals surface area contributed by atoms with Crippen molar-refractivity contribution in [2.24, 2.45) is 0 Å². The van der Waals surface area contributed by atoms with E-state index in [1.165, 1.54) is 25.7 Å². The molecule has 0 unspecified atom stereocenters. The highest BCUT2D eigenvalue weighted by atomic mass is 35.5. The van der Waals surface area contributed by atoms with Crippen molar-refractivity contribution in [3.8, 4) is 0 Å². The molecule has 138 valence electrons. The molecule has 1 aromatic carbocycles. The Bertz CT molecular complexity index is 740. The lowest BCUT2D eigenvalue weighted by molar-refractivity contribution is 0.251. The molecule has 0 spiro atoms. The summed E-state index contributed by atoms with van der Waals surface area (Å²) in [6.45, 7) is 4.51. The summed E-state index contributed by atoms with van der Waals surface area (Å²) in [7, 11) is 0. The summed E-state index contributed by atoms with van der Waals surface area (Å²) < 4.78 is 0. The number of aryl methyl sites for hydroxylation is 1. The van der Waals surface area contributed by atoms with Crippen molar-refractivity contribution < 1.29 is 4.79 Å². The monoisotopic (exact) mass is 372 g/mol. The predicted octanol–water partition coefficient (Wildman–Crippen LogP) is 4.75. The van der Waals surface area contributed by atoms with E-state index in [9.17, 15) is 4.79 Å². The van der Waals surface area contributed by atoms with E-state index in [2.05, 4.69) is 20.5 Å². The van der Waals surface area contributed by atoms with Crippen LogP contribution in [0.3, 0.4) is 0 Å². The molecule has 5 nitrogen and oxygen atoms in total. The maximum atomic E-state index is 12.0. The number of anilines is 2. The van der Waals surface area contributed by atoms with Crippen molar-refractivity contribution in [2.75, 3.05) is 23.3 Å². The molecule has 2 heterocycles. The van der Waals surface area contributed by atoms with Crippen LogP contribution in [-0.2, 0) is 6.54 Å². The number of nitrogens with zero attached hydrogens (tertiary/aromatic N) is 2. The Morgan fingerprint density at radius 1 is 1.15 bits per heavy atom. The fraction of sp³-hybridized carbons (Fsp3) is 0.400. The minimum atomic E-state index is -0.262. The van der Waals surface area contributed by atoms with Gasteiger partial charge in [-0.05, 0) is 49.1 Å². The van der Waals surface area contributed by atoms with E-state index in [1.54, 1.807) is 6.07 Å². The number of urea groups is 1. The van der Waals surface area contributed by atoms with Gasteiger partial charge in [0.2, 0.25) is 0 Å². The number of rotatable bonds is 4. The van der Waals surface area contributed by atoms with Crippen molar-refractivity contribution in [3.05, 3.63) is 52.7 Å². The third-order valence-electron chi connectivity index (χ3n) is 4.62. The summed E-state index contributed by atoms with van der Waals surface area (Å²) in [4.78, 5) is 18.9. The van der Waals surface area contributed by atoms with Crippen LogP contribution in [0.25, 0.3) is 0 Å². The molecule has 6 heteroatoms. The molecule has 0 radical (unpaired) electrons. The number of nitrogens with one attached hydrogen (secondary N) is 2. The van der Waals surface area contributed by atoms with Crippen LogP contribution in [0.2, 0.25) is 5.02 Å². The second-order valence-corrected chi connectivity index (χ2v) is 7.10. The first-order valence-electron chi connectivity index (χ1n) is 9.13. The van der Waals surface area contributed by atoms with E-state index >= 15 is 0 Å². The first-order chi connectivity index (χ1) is 12.6. The highest BCUT2D eigenvalue weighted by molar-refractivity contribution is 6.31. The maximum absolute atomic E-state index is 12.0. The lowest BCUT2D eigenvalue weighted by Crippen LogP contribution is -2.28. The normalized spacial score (nSPS) is 14.6. The van der Waals surface area contributed by atoms with Crippen molar-refractivity contribution in [3.63, 3.8) is 0 Å². The Balaban J connectivity index is 1.50. The van der Waals surface area contributed by atoms with Crippen LogP contribution in [0.5, 0.6) is 0 Å². The number of aromatic nitrogens is 1. The summed E-state index contributed by atoms with van der Waals surface area (Å²) in [5.74, 6) is 1.02. The van der Waals surface area contributed by atoms with Crippen LogP contribution in [0.1, 0.15) is 36.8 Å². The minimum absolute atomic E-state index is 0.262. The van der Waals surface area contributed by atoms with Crippen LogP contribution >= 0.6 is 11.6 Å². The number of halogens is 1. The number of carbonyl (C=O) groups excluding carboxylic acids is 1. The van der Waals surface area contributed by atoms with Gasteiger partial charge in [-0.25, -0.2) is 9.78 Å². The first kappa shape index (κ1) is 18.5. The highest BCUT2D eigenvalue weighted by Gasteiger charge is 2.11. The quantitative estimate of drug-likeness (QED) is 0.814. The summed E-state index contributed by atoms with van der Waals surface area (Å²) in [6.07, 6.45) is 6.91. The van der Waals surface area contributed by atoms with Crippen molar-refractivity contribution in [1.82, 2.24) is 10.3 Å². The molecule has 0 atom stereocenters. The molecule has 26 heavy (non-hydrogen) atoms. The number of amides is 2. The zero-order valence-corrected chi connectivity index (χ0v) is 15.9. The van der Waals surface area contributed by atoms with E-state index in [0.717, 1.165) is 30.0 Å². The van der Waals surface area contributed by atoms with Gasteiger partial charge in [0.05, 0.1) is 0 Å². The average molecular weight is 373 g/mol. The molecule has 1 aliphatic heterocycles. The molecule has 1 aliphatic rings. The van der Waals surface area contributed by atoms with Gasteiger partial charge in [-0.3, -0.25) is 0 Å². The van der Waals surface area contributed by atoms with E-state index in [-0.39, 0.29) is 6.03 Å². The average Bonchev–Trinajstić information content (AvgIpc) is 2.93. The molecule has 1 fully saturated rings. The van der Waals surface area contributed by atoms with Gasteiger partial charge in [-0.1, -0.05) is 36.6 Å². The first-order valence-corrected chi connectivity index (χ1v) is 9.50. The molecule has 2 aromatic rings. The van der Waals surface area contributed by atoms with Crippen molar-refractivity contribution in [1.29, 1.82) is 0 Å². The van der Waals surface area contributed by atoms with Crippen LogP contribution in [-0.4, -0.2) is 24.1 Å². The Morgan fingerprint density at radius 3 is 2.58 bits per heavy atom. The smallest absolute Gasteiger partial charge is 0.319 e. The number of benzene rings is 1. The minimum Gasteiger partial charge on any atom is -0.357 e. The van der Waals surface area contributed by atoms with Crippen LogP contribution < -0.4 is 15.5 Å². The van der Waals surface area contributed by atoms with Gasteiger partial charge < -0.3 is 15.5 Å². The third kappa shape index (κ3) is 5.11. The Kier molecular flexibility index (Phi) is 6.34. The fourth-order valence-electron chi connectivity index (χ4n) is 3.04. The number of hydrogen-bond acceptors (Lipinski definition) is 3. The predicted molar refractivity (Wildman–Crippen MR) is 107 cm³/mol. The highest BCUT2D eigenvalue weighted by Crippen LogP contribution is 2.20. The summed E-state index contributed by atoms with van der Waals surface area (Å²) in [5.41, 5.74) is 2.63. The lowest BCUT2D eigenvalue weighted by atomic mass is 10.2. The van der Waals surface area contributed by atoms with Gasteiger partial charge in [0.1, 0.15) is 5.82 Å². The van der Waals surface area contributed by atoms with E-state index < -0.39 is 0 Å². The van der Waals surface area contributed by atoms with Gasteiger partial charge in [0, 0.05) is 36.5 Å². The molecule has 3 rings (SSSR count). The fourth-order valence-corrected chi connectivity index (χ4v) is 3.22. The largest absolute Gasteiger partial charge is 0.357 e. The third-order valence-corrected chi connectivity index (χ3v) is 5.03. The number of carbonyl (C=O) groups is 1. The topological polar surface area (TPSA) is 57.3 Å². The number of pyridine rings is 1. The molecular formula is C20H25ClN4O. The molecule has 2 N–H and O–H groups in total. The van der Waals surface area contributed by atoms with E-state index in [0.29, 0.717) is 17.3 Å². The second-order valence-electron chi connectivity index (χ2n) is 6.70.